The van der Waals surface area contributed by atoms with Gasteiger partial charge in [0, 0.05) is 35.3 Å². The van der Waals surface area contributed by atoms with Gasteiger partial charge in [-0.3, -0.25) is 4.79 Å². The summed E-state index contributed by atoms with van der Waals surface area (Å²) in [5.41, 5.74) is 0.214. The molecule has 8 heteroatoms. The summed E-state index contributed by atoms with van der Waals surface area (Å²) in [4.78, 5) is 13.2. The smallest absolute Gasteiger partial charge is 0.232 e. The van der Waals surface area contributed by atoms with Gasteiger partial charge in [0.1, 0.15) is 11.9 Å². The highest BCUT2D eigenvalue weighted by Crippen LogP contribution is 2.27. The van der Waals surface area contributed by atoms with Crippen LogP contribution in [0, 0.1) is 23.1 Å². The van der Waals surface area contributed by atoms with Crippen molar-refractivity contribution < 1.29 is 17.6 Å². The third-order valence-corrected chi connectivity index (χ3v) is 4.27. The van der Waals surface area contributed by atoms with Crippen molar-refractivity contribution in [3.8, 4) is 6.07 Å². The second kappa shape index (κ2) is 5.38. The van der Waals surface area contributed by atoms with Crippen LogP contribution in [0.1, 0.15) is 12.0 Å². The molecule has 1 aliphatic heterocycles. The Hall–Kier alpha value is -1.65. The van der Waals surface area contributed by atoms with Crippen LogP contribution in [0.4, 0.5) is 10.1 Å². The lowest BCUT2D eigenvalue weighted by Crippen LogP contribution is -2.25. The van der Waals surface area contributed by atoms with Gasteiger partial charge in [0.05, 0.1) is 11.3 Å². The Kier molecular flexibility index (Phi) is 3.97. The number of nitrogens with zero attached hydrogens (tertiary/aromatic N) is 2. The zero-order valence-corrected chi connectivity index (χ0v) is 11.8. The first-order chi connectivity index (χ1) is 9.30. The maximum atomic E-state index is 13.2. The largest absolute Gasteiger partial charge is 0.312 e. The molecule has 0 N–H and O–H groups in total. The van der Waals surface area contributed by atoms with Crippen molar-refractivity contribution >= 4 is 31.3 Å². The Bertz CT molecular complexity index is 699. The molecule has 1 aromatic carbocycles. The van der Waals surface area contributed by atoms with E-state index in [1.54, 1.807) is 6.07 Å². The van der Waals surface area contributed by atoms with Crippen LogP contribution in [-0.2, 0) is 13.8 Å². The van der Waals surface area contributed by atoms with Crippen molar-refractivity contribution in [1.82, 2.24) is 0 Å². The van der Waals surface area contributed by atoms with Crippen molar-refractivity contribution in [3.63, 3.8) is 0 Å². The van der Waals surface area contributed by atoms with Gasteiger partial charge in [0.15, 0.2) is 0 Å². The Labute approximate surface area is 120 Å². The monoisotopic (exact) mass is 316 g/mol. The van der Waals surface area contributed by atoms with Crippen LogP contribution >= 0.6 is 10.7 Å². The molecule has 1 amide bonds. The molecular weight excluding hydrogens is 307 g/mol. The number of halogens is 2. The van der Waals surface area contributed by atoms with Crippen LogP contribution in [0.2, 0.25) is 0 Å². The van der Waals surface area contributed by atoms with Crippen LogP contribution in [0.5, 0.6) is 0 Å². The van der Waals surface area contributed by atoms with Crippen molar-refractivity contribution in [2.24, 2.45) is 5.92 Å². The van der Waals surface area contributed by atoms with Crippen molar-refractivity contribution in [1.29, 1.82) is 5.26 Å². The number of anilines is 1. The van der Waals surface area contributed by atoms with Crippen LogP contribution < -0.4 is 4.90 Å². The fourth-order valence-corrected chi connectivity index (χ4v) is 3.51. The van der Waals surface area contributed by atoms with Gasteiger partial charge in [0.25, 0.3) is 0 Å². The Morgan fingerprint density at radius 3 is 2.80 bits per heavy atom. The molecule has 0 aromatic heterocycles. The van der Waals surface area contributed by atoms with Gasteiger partial charge in [0.2, 0.25) is 15.0 Å². The standard InChI is InChI=1S/C12H10ClFN2O3S/c13-20(18,19)7-8-3-12(17)16(6-8)10-1-2-11(14)9(4-10)5-15/h1-2,4,8H,3,6-7H2. The van der Waals surface area contributed by atoms with E-state index in [1.165, 1.54) is 17.0 Å². The number of amides is 1. The second-order valence-corrected chi connectivity index (χ2v) is 7.38. The molecule has 0 radical (unpaired) electrons. The third kappa shape index (κ3) is 3.26. The molecule has 1 aromatic rings. The van der Waals surface area contributed by atoms with E-state index in [-0.39, 0.29) is 30.2 Å². The maximum absolute atomic E-state index is 13.2. The van der Waals surface area contributed by atoms with E-state index in [0.29, 0.717) is 5.69 Å². The lowest BCUT2D eigenvalue weighted by atomic mass is 10.1. The van der Waals surface area contributed by atoms with Crippen LogP contribution in [0.3, 0.4) is 0 Å². The van der Waals surface area contributed by atoms with E-state index in [4.69, 9.17) is 15.9 Å². The number of hydrogen-bond donors (Lipinski definition) is 0. The van der Waals surface area contributed by atoms with E-state index in [1.807, 2.05) is 0 Å². The molecule has 20 heavy (non-hydrogen) atoms. The molecule has 1 heterocycles. The highest BCUT2D eigenvalue weighted by atomic mass is 35.7. The summed E-state index contributed by atoms with van der Waals surface area (Å²) in [6, 6.07) is 5.45. The van der Waals surface area contributed by atoms with E-state index >= 15 is 0 Å². The average molecular weight is 317 g/mol. The Morgan fingerprint density at radius 2 is 2.20 bits per heavy atom. The SMILES string of the molecule is N#Cc1cc(N2CC(CS(=O)(=O)Cl)CC2=O)ccc1F. The Morgan fingerprint density at radius 1 is 1.50 bits per heavy atom. The van der Waals surface area contributed by atoms with E-state index in [0.717, 1.165) is 6.07 Å². The quantitative estimate of drug-likeness (QED) is 0.794. The minimum Gasteiger partial charge on any atom is -0.312 e. The molecule has 1 fully saturated rings. The number of carbonyl (C=O) groups is 1. The van der Waals surface area contributed by atoms with E-state index in [9.17, 15) is 17.6 Å². The minimum atomic E-state index is -3.68. The second-order valence-electron chi connectivity index (χ2n) is 4.56. The van der Waals surface area contributed by atoms with Gasteiger partial charge in [-0.2, -0.15) is 5.26 Å². The topological polar surface area (TPSA) is 78.2 Å². The molecular formula is C12H10ClFN2O3S. The first-order valence-corrected chi connectivity index (χ1v) is 8.20. The normalized spacial score (nSPS) is 19.1. The average Bonchev–Trinajstić information content (AvgIpc) is 2.68. The summed E-state index contributed by atoms with van der Waals surface area (Å²) >= 11 is 0. The summed E-state index contributed by atoms with van der Waals surface area (Å²) < 4.78 is 35.3. The number of rotatable bonds is 3. The van der Waals surface area contributed by atoms with Gasteiger partial charge >= 0.3 is 0 Å². The zero-order chi connectivity index (χ0) is 14.9. The molecule has 0 aliphatic carbocycles. The van der Waals surface area contributed by atoms with Gasteiger partial charge in [-0.25, -0.2) is 12.8 Å². The summed E-state index contributed by atoms with van der Waals surface area (Å²) in [7, 11) is 1.50. The number of benzene rings is 1. The van der Waals surface area contributed by atoms with Crippen LogP contribution in [-0.4, -0.2) is 26.6 Å². The molecule has 1 unspecified atom stereocenters. The van der Waals surface area contributed by atoms with Gasteiger partial charge < -0.3 is 4.90 Å². The summed E-state index contributed by atoms with van der Waals surface area (Å²) in [6.07, 6.45) is 0.0607. The van der Waals surface area contributed by atoms with Crippen molar-refractivity contribution in [3.05, 3.63) is 29.6 Å². The third-order valence-electron chi connectivity index (χ3n) is 3.02. The first-order valence-electron chi connectivity index (χ1n) is 5.72. The predicted octanol–water partition coefficient (Wildman–Crippen LogP) is 1.62. The molecule has 0 bridgehead atoms. The lowest BCUT2D eigenvalue weighted by Gasteiger charge is -2.16. The molecule has 2 rings (SSSR count). The van der Waals surface area contributed by atoms with Crippen molar-refractivity contribution in [2.75, 3.05) is 17.2 Å². The highest BCUT2D eigenvalue weighted by molar-refractivity contribution is 8.13. The molecule has 1 saturated heterocycles. The van der Waals surface area contributed by atoms with Gasteiger partial charge in [-0.15, -0.1) is 0 Å². The zero-order valence-electron chi connectivity index (χ0n) is 10.2. The summed E-state index contributed by atoms with van der Waals surface area (Å²) in [6.45, 7) is 0.182. The molecule has 0 spiro atoms. The molecule has 0 saturated carbocycles. The molecule has 1 aliphatic rings. The fraction of sp³-hybridized carbons (Fsp3) is 0.333. The first kappa shape index (κ1) is 14.8. The van der Waals surface area contributed by atoms with E-state index in [2.05, 4.69) is 0 Å². The predicted molar refractivity (Wildman–Crippen MR) is 71.2 cm³/mol. The lowest BCUT2D eigenvalue weighted by molar-refractivity contribution is -0.117. The molecule has 106 valence electrons. The number of hydrogen-bond acceptors (Lipinski definition) is 4. The summed E-state index contributed by atoms with van der Waals surface area (Å²) in [5, 5.41) is 8.77. The highest BCUT2D eigenvalue weighted by Gasteiger charge is 2.33. The van der Waals surface area contributed by atoms with Gasteiger partial charge in [-0.05, 0) is 18.2 Å². The van der Waals surface area contributed by atoms with Crippen LogP contribution in [0.25, 0.3) is 0 Å². The van der Waals surface area contributed by atoms with Gasteiger partial charge in [-0.1, -0.05) is 0 Å². The number of nitriles is 1. The van der Waals surface area contributed by atoms with E-state index < -0.39 is 20.8 Å². The summed E-state index contributed by atoms with van der Waals surface area (Å²) in [5.74, 6) is -1.63. The molecule has 5 nitrogen and oxygen atoms in total. The molecule has 1 atom stereocenters. The van der Waals surface area contributed by atoms with Crippen LogP contribution in [0.15, 0.2) is 18.2 Å². The fourth-order valence-electron chi connectivity index (χ4n) is 2.19. The minimum absolute atomic E-state index is 0.0607. The Balaban J connectivity index is 2.22. The maximum Gasteiger partial charge on any atom is 0.232 e. The number of carbonyl (C=O) groups excluding carboxylic acids is 1. The van der Waals surface area contributed by atoms with Crippen molar-refractivity contribution in [2.45, 2.75) is 6.42 Å².